The predicted molar refractivity (Wildman–Crippen MR) is 145 cm³/mol. The maximum Gasteiger partial charge on any atom is 0.255 e. The van der Waals surface area contributed by atoms with Gasteiger partial charge in [-0.25, -0.2) is 0 Å². The molecule has 0 bridgehead atoms. The van der Waals surface area contributed by atoms with Crippen LogP contribution in [0.3, 0.4) is 0 Å². The predicted octanol–water partition coefficient (Wildman–Crippen LogP) is 6.67. The van der Waals surface area contributed by atoms with E-state index in [1.807, 2.05) is 54.6 Å². The molecule has 3 aromatic carbocycles. The molecule has 3 rings (SSSR count). The number of methoxy groups -OCH3 is 1. The van der Waals surface area contributed by atoms with Crippen molar-refractivity contribution in [1.82, 2.24) is 4.90 Å². The molecular formula is C30H38N2O3. The van der Waals surface area contributed by atoms with E-state index in [2.05, 4.69) is 57.0 Å². The van der Waals surface area contributed by atoms with Crippen LogP contribution in [0.25, 0.3) is 11.1 Å². The Morgan fingerprint density at radius 3 is 2.26 bits per heavy atom. The number of hydrogen-bond acceptors (Lipinski definition) is 4. The summed E-state index contributed by atoms with van der Waals surface area (Å²) >= 11 is 0. The normalized spacial score (nSPS) is 11.2. The summed E-state index contributed by atoms with van der Waals surface area (Å²) < 4.78 is 11.5. The smallest absolute Gasteiger partial charge is 0.255 e. The number of nitrogens with zero attached hydrogens (tertiary/aromatic N) is 1. The zero-order valence-corrected chi connectivity index (χ0v) is 21.8. The maximum absolute atomic E-state index is 13.1. The van der Waals surface area contributed by atoms with Crippen LogP contribution in [-0.4, -0.2) is 43.2 Å². The molecule has 0 radical (unpaired) electrons. The lowest BCUT2D eigenvalue weighted by atomic mass is 9.96. The number of carbonyl (C=O) groups is 1. The highest BCUT2D eigenvalue weighted by molar-refractivity contribution is 6.05. The highest BCUT2D eigenvalue weighted by Gasteiger charge is 2.15. The van der Waals surface area contributed by atoms with Gasteiger partial charge in [0.15, 0.2) is 11.5 Å². The molecule has 0 unspecified atom stereocenters. The molecule has 1 N–H and O–H groups in total. The minimum atomic E-state index is -0.152. The van der Waals surface area contributed by atoms with E-state index in [0.717, 1.165) is 29.7 Å². The Hall–Kier alpha value is -3.31. The van der Waals surface area contributed by atoms with Crippen LogP contribution in [0.1, 0.15) is 50.5 Å². The number of rotatable bonds is 11. The number of carbonyl (C=O) groups excluding carboxylic acids is 1. The topological polar surface area (TPSA) is 50.8 Å². The van der Waals surface area contributed by atoms with Crippen molar-refractivity contribution < 1.29 is 14.3 Å². The quantitative estimate of drug-likeness (QED) is 0.337. The lowest BCUT2D eigenvalue weighted by Gasteiger charge is -2.30. The third kappa shape index (κ3) is 6.86. The number of ether oxygens (including phenoxy) is 2. The Labute approximate surface area is 210 Å². The average Bonchev–Trinajstić information content (AvgIpc) is 2.86. The van der Waals surface area contributed by atoms with Crippen LogP contribution in [0.4, 0.5) is 5.69 Å². The first kappa shape index (κ1) is 26.3. The third-order valence-corrected chi connectivity index (χ3v) is 6.19. The van der Waals surface area contributed by atoms with Crippen molar-refractivity contribution in [1.29, 1.82) is 0 Å². The molecule has 0 aliphatic rings. The first-order valence-electron chi connectivity index (χ1n) is 12.4. The zero-order chi connectivity index (χ0) is 25.4. The van der Waals surface area contributed by atoms with Crippen LogP contribution in [-0.2, 0) is 6.42 Å². The van der Waals surface area contributed by atoms with Crippen LogP contribution < -0.4 is 14.8 Å². The van der Waals surface area contributed by atoms with E-state index >= 15 is 0 Å². The molecule has 0 atom stereocenters. The van der Waals surface area contributed by atoms with E-state index in [1.54, 1.807) is 7.11 Å². The highest BCUT2D eigenvalue weighted by atomic mass is 16.5. The molecule has 5 nitrogen and oxygen atoms in total. The van der Waals surface area contributed by atoms with Crippen molar-refractivity contribution in [3.8, 4) is 22.6 Å². The van der Waals surface area contributed by atoms with E-state index in [4.69, 9.17) is 9.47 Å². The summed E-state index contributed by atoms with van der Waals surface area (Å²) in [6.45, 7) is 12.2. The van der Waals surface area contributed by atoms with Gasteiger partial charge in [0.2, 0.25) is 0 Å². The summed E-state index contributed by atoms with van der Waals surface area (Å²) in [7, 11) is 1.62. The molecule has 0 aliphatic heterocycles. The van der Waals surface area contributed by atoms with Crippen molar-refractivity contribution in [3.05, 3.63) is 77.9 Å². The van der Waals surface area contributed by atoms with E-state index in [0.29, 0.717) is 41.4 Å². The van der Waals surface area contributed by atoms with Crippen molar-refractivity contribution in [2.24, 2.45) is 0 Å². The van der Waals surface area contributed by atoms with Gasteiger partial charge in [0.1, 0.15) is 6.61 Å². The number of aryl methyl sites for hydroxylation is 1. The largest absolute Gasteiger partial charge is 0.493 e. The SMILES string of the molecule is CCc1cc(C(=O)Nc2ccc(OC)c(OCCN(C(C)C)C(C)C)c2)ccc1-c1ccccc1. The summed E-state index contributed by atoms with van der Waals surface area (Å²) in [6.07, 6.45) is 0.843. The molecule has 0 aromatic heterocycles. The number of amides is 1. The van der Waals surface area contributed by atoms with Gasteiger partial charge in [-0.3, -0.25) is 9.69 Å². The second-order valence-electron chi connectivity index (χ2n) is 9.19. The average molecular weight is 475 g/mol. The molecule has 0 fully saturated rings. The summed E-state index contributed by atoms with van der Waals surface area (Å²) in [5.41, 5.74) is 4.75. The monoisotopic (exact) mass is 474 g/mol. The van der Waals surface area contributed by atoms with E-state index < -0.39 is 0 Å². The molecule has 35 heavy (non-hydrogen) atoms. The van der Waals surface area contributed by atoms with Gasteiger partial charge < -0.3 is 14.8 Å². The van der Waals surface area contributed by atoms with E-state index in [9.17, 15) is 4.79 Å². The van der Waals surface area contributed by atoms with Gasteiger partial charge in [-0.15, -0.1) is 0 Å². The molecule has 0 aliphatic carbocycles. The Balaban J connectivity index is 1.73. The third-order valence-electron chi connectivity index (χ3n) is 6.19. The Kier molecular flexibility index (Phi) is 9.32. The standard InChI is InChI=1S/C30H38N2O3/c1-7-23-19-25(13-15-27(23)24-11-9-8-10-12-24)30(33)31-26-14-16-28(34-6)29(20-26)35-18-17-32(21(2)3)22(4)5/h8-16,19-22H,7,17-18H2,1-6H3,(H,31,33). The van der Waals surface area contributed by atoms with Gasteiger partial charge in [0, 0.05) is 35.9 Å². The van der Waals surface area contributed by atoms with Crippen LogP contribution in [0, 0.1) is 0 Å². The van der Waals surface area contributed by atoms with Crippen LogP contribution in [0.2, 0.25) is 0 Å². The number of nitrogens with one attached hydrogen (secondary N) is 1. The molecule has 0 saturated carbocycles. The number of hydrogen-bond donors (Lipinski definition) is 1. The summed E-state index contributed by atoms with van der Waals surface area (Å²) in [6, 6.07) is 22.5. The lowest BCUT2D eigenvalue weighted by Crippen LogP contribution is -2.39. The Morgan fingerprint density at radius 1 is 0.914 bits per heavy atom. The van der Waals surface area contributed by atoms with Crippen molar-refractivity contribution in [2.75, 3.05) is 25.6 Å². The van der Waals surface area contributed by atoms with Gasteiger partial charge in [0.05, 0.1) is 7.11 Å². The second kappa shape index (κ2) is 12.4. The molecule has 0 heterocycles. The Morgan fingerprint density at radius 2 is 1.63 bits per heavy atom. The van der Waals surface area contributed by atoms with E-state index in [1.165, 1.54) is 0 Å². The minimum Gasteiger partial charge on any atom is -0.493 e. The molecule has 1 amide bonds. The van der Waals surface area contributed by atoms with Crippen LogP contribution in [0.5, 0.6) is 11.5 Å². The van der Waals surface area contributed by atoms with Gasteiger partial charge in [0.25, 0.3) is 5.91 Å². The van der Waals surface area contributed by atoms with E-state index in [-0.39, 0.29) is 5.91 Å². The van der Waals surface area contributed by atoms with Gasteiger partial charge in [-0.05, 0) is 75.1 Å². The second-order valence-corrected chi connectivity index (χ2v) is 9.19. The molecular weight excluding hydrogens is 436 g/mol. The van der Waals surface area contributed by atoms with Crippen molar-refractivity contribution in [3.63, 3.8) is 0 Å². The lowest BCUT2D eigenvalue weighted by molar-refractivity contribution is 0.102. The fraction of sp³-hybridized carbons (Fsp3) is 0.367. The minimum absolute atomic E-state index is 0.152. The van der Waals surface area contributed by atoms with Crippen molar-refractivity contribution >= 4 is 11.6 Å². The molecule has 0 saturated heterocycles. The fourth-order valence-electron chi connectivity index (χ4n) is 4.37. The summed E-state index contributed by atoms with van der Waals surface area (Å²) in [5.74, 6) is 1.11. The van der Waals surface area contributed by atoms with Crippen LogP contribution in [0.15, 0.2) is 66.7 Å². The van der Waals surface area contributed by atoms with Gasteiger partial charge >= 0.3 is 0 Å². The number of benzene rings is 3. The summed E-state index contributed by atoms with van der Waals surface area (Å²) in [4.78, 5) is 15.4. The highest BCUT2D eigenvalue weighted by Crippen LogP contribution is 2.31. The van der Waals surface area contributed by atoms with Crippen LogP contribution >= 0.6 is 0 Å². The molecule has 186 valence electrons. The first-order chi connectivity index (χ1) is 16.8. The number of anilines is 1. The first-order valence-corrected chi connectivity index (χ1v) is 12.4. The zero-order valence-electron chi connectivity index (χ0n) is 21.8. The maximum atomic E-state index is 13.1. The molecule has 3 aromatic rings. The van der Waals surface area contributed by atoms with Gasteiger partial charge in [-0.1, -0.05) is 43.3 Å². The molecule has 5 heteroatoms. The van der Waals surface area contributed by atoms with Crippen molar-refractivity contribution in [2.45, 2.75) is 53.1 Å². The van der Waals surface area contributed by atoms with Gasteiger partial charge in [-0.2, -0.15) is 0 Å². The fourth-order valence-corrected chi connectivity index (χ4v) is 4.37. The molecule has 0 spiro atoms. The Bertz CT molecular complexity index is 1100. The summed E-state index contributed by atoms with van der Waals surface area (Å²) in [5, 5.41) is 3.01.